The van der Waals surface area contributed by atoms with Gasteiger partial charge < -0.3 is 9.05 Å². The van der Waals surface area contributed by atoms with Crippen LogP contribution in [0.4, 0.5) is 0 Å². The van der Waals surface area contributed by atoms with E-state index in [1.165, 1.54) is 6.20 Å². The molecule has 1 aromatic rings. The number of pyridine rings is 1. The fourth-order valence-electron chi connectivity index (χ4n) is 1.22. The molecular weight excluding hydrogens is 225 g/mol. The third-order valence-electron chi connectivity index (χ3n) is 1.66. The second-order valence-corrected chi connectivity index (χ2v) is 5.95. The van der Waals surface area contributed by atoms with Gasteiger partial charge in [-0.05, 0) is 39.8 Å². The Bertz CT molecular complexity index is 351. The lowest BCUT2D eigenvalue weighted by molar-refractivity contribution is 0.150. The molecule has 0 amide bonds. The maximum absolute atomic E-state index is 12.6. The van der Waals surface area contributed by atoms with Crippen LogP contribution in [0.3, 0.4) is 0 Å². The van der Waals surface area contributed by atoms with Gasteiger partial charge in [-0.1, -0.05) is 0 Å². The molecule has 5 heteroatoms. The minimum Gasteiger partial charge on any atom is -0.302 e. The molecule has 16 heavy (non-hydrogen) atoms. The van der Waals surface area contributed by atoms with Gasteiger partial charge in [0.1, 0.15) is 0 Å². The van der Waals surface area contributed by atoms with Gasteiger partial charge in [-0.3, -0.25) is 9.55 Å². The molecule has 4 nitrogen and oxygen atoms in total. The molecule has 0 N–H and O–H groups in total. The summed E-state index contributed by atoms with van der Waals surface area (Å²) in [6.07, 6.45) is 2.82. The highest BCUT2D eigenvalue weighted by molar-refractivity contribution is 7.62. The predicted molar refractivity (Wildman–Crippen MR) is 63.9 cm³/mol. The van der Waals surface area contributed by atoms with Crippen molar-refractivity contribution in [1.29, 1.82) is 0 Å². The van der Waals surface area contributed by atoms with Gasteiger partial charge in [-0.2, -0.15) is 0 Å². The Balaban J connectivity index is 3.00. The van der Waals surface area contributed by atoms with E-state index in [0.717, 1.165) is 0 Å². The summed E-state index contributed by atoms with van der Waals surface area (Å²) in [5, 5.41) is 0.498. The van der Waals surface area contributed by atoms with E-state index in [1.807, 2.05) is 27.7 Å². The highest BCUT2D eigenvalue weighted by Crippen LogP contribution is 2.48. The van der Waals surface area contributed by atoms with E-state index in [4.69, 9.17) is 9.05 Å². The first-order valence-electron chi connectivity index (χ1n) is 5.31. The fourth-order valence-corrected chi connectivity index (χ4v) is 3.10. The van der Waals surface area contributed by atoms with Crippen molar-refractivity contribution >= 4 is 12.9 Å². The maximum atomic E-state index is 12.6. The van der Waals surface area contributed by atoms with Gasteiger partial charge in [0.2, 0.25) is 0 Å². The van der Waals surface area contributed by atoms with E-state index >= 15 is 0 Å². The SMILES string of the molecule is CC(C)OP(=O)(OC(C)C)c1cccnc1. The Hall–Kier alpha value is -0.700. The van der Waals surface area contributed by atoms with Crippen molar-refractivity contribution in [2.75, 3.05) is 0 Å². The van der Waals surface area contributed by atoms with Crippen LogP contribution in [0.5, 0.6) is 0 Å². The molecule has 1 aromatic heterocycles. The highest BCUT2D eigenvalue weighted by atomic mass is 31.2. The highest BCUT2D eigenvalue weighted by Gasteiger charge is 2.30. The summed E-state index contributed by atoms with van der Waals surface area (Å²) in [6.45, 7) is 7.30. The lowest BCUT2D eigenvalue weighted by Gasteiger charge is -2.22. The molecule has 1 rings (SSSR count). The molecule has 0 saturated heterocycles. The first-order valence-corrected chi connectivity index (χ1v) is 6.86. The Morgan fingerprint density at radius 3 is 2.12 bits per heavy atom. The molecule has 0 bridgehead atoms. The van der Waals surface area contributed by atoms with Crippen LogP contribution in [-0.4, -0.2) is 17.2 Å². The molecule has 0 radical (unpaired) electrons. The third-order valence-corrected chi connectivity index (χ3v) is 3.96. The summed E-state index contributed by atoms with van der Waals surface area (Å²) in [5.41, 5.74) is 0. The van der Waals surface area contributed by atoms with Crippen molar-refractivity contribution < 1.29 is 13.6 Å². The van der Waals surface area contributed by atoms with Crippen molar-refractivity contribution in [3.63, 3.8) is 0 Å². The number of rotatable bonds is 5. The van der Waals surface area contributed by atoms with Crippen LogP contribution < -0.4 is 5.30 Å². The van der Waals surface area contributed by atoms with Gasteiger partial charge >= 0.3 is 7.60 Å². The number of nitrogens with zero attached hydrogens (tertiary/aromatic N) is 1. The van der Waals surface area contributed by atoms with Gasteiger partial charge in [0.25, 0.3) is 0 Å². The molecule has 0 aliphatic heterocycles. The molecule has 0 aliphatic carbocycles. The molecule has 0 unspecified atom stereocenters. The fraction of sp³-hybridized carbons (Fsp3) is 0.545. The summed E-state index contributed by atoms with van der Waals surface area (Å²) in [4.78, 5) is 3.93. The summed E-state index contributed by atoms with van der Waals surface area (Å²) in [5.74, 6) is 0. The quantitative estimate of drug-likeness (QED) is 0.746. The zero-order valence-corrected chi connectivity index (χ0v) is 11.0. The molecule has 0 saturated carbocycles. The minimum absolute atomic E-state index is 0.162. The molecular formula is C11H18NO3P. The number of hydrogen-bond donors (Lipinski definition) is 0. The standard InChI is InChI=1S/C11H18NO3P/c1-9(2)14-16(13,15-10(3)4)11-6-5-7-12-8-11/h5-10H,1-4H3. The summed E-state index contributed by atoms with van der Waals surface area (Å²) < 4.78 is 23.4. The minimum atomic E-state index is -3.25. The van der Waals surface area contributed by atoms with Crippen LogP contribution in [0.1, 0.15) is 27.7 Å². The lowest BCUT2D eigenvalue weighted by Crippen LogP contribution is -2.17. The molecule has 0 aromatic carbocycles. The van der Waals surface area contributed by atoms with E-state index in [9.17, 15) is 4.57 Å². The van der Waals surface area contributed by atoms with E-state index in [1.54, 1.807) is 18.3 Å². The van der Waals surface area contributed by atoms with Crippen molar-refractivity contribution in [2.45, 2.75) is 39.9 Å². The van der Waals surface area contributed by atoms with Gasteiger partial charge in [0, 0.05) is 12.4 Å². The van der Waals surface area contributed by atoms with E-state index in [0.29, 0.717) is 5.30 Å². The Kier molecular flexibility index (Phi) is 4.66. The Labute approximate surface area is 96.5 Å². The molecule has 0 fully saturated rings. The Morgan fingerprint density at radius 2 is 1.75 bits per heavy atom. The summed E-state index contributed by atoms with van der Waals surface area (Å²) >= 11 is 0. The van der Waals surface area contributed by atoms with Gasteiger partial charge in [0.15, 0.2) is 0 Å². The molecule has 90 valence electrons. The summed E-state index contributed by atoms with van der Waals surface area (Å²) in [7, 11) is -3.25. The van der Waals surface area contributed by atoms with Crippen molar-refractivity contribution in [3.8, 4) is 0 Å². The van der Waals surface area contributed by atoms with Gasteiger partial charge in [0.05, 0.1) is 17.5 Å². The largest absolute Gasteiger partial charge is 0.363 e. The second-order valence-electron chi connectivity index (χ2n) is 4.02. The van der Waals surface area contributed by atoms with Crippen LogP contribution >= 0.6 is 7.60 Å². The zero-order valence-electron chi connectivity index (χ0n) is 10.1. The van der Waals surface area contributed by atoms with Crippen LogP contribution in [0.2, 0.25) is 0 Å². The third kappa shape index (κ3) is 3.71. The van der Waals surface area contributed by atoms with E-state index < -0.39 is 7.60 Å². The van der Waals surface area contributed by atoms with Gasteiger partial charge in [-0.15, -0.1) is 0 Å². The first kappa shape index (κ1) is 13.4. The van der Waals surface area contributed by atoms with Crippen molar-refractivity contribution in [3.05, 3.63) is 24.5 Å². The molecule has 0 spiro atoms. The maximum Gasteiger partial charge on any atom is 0.363 e. The zero-order chi connectivity index (χ0) is 12.2. The molecule has 0 aliphatic rings. The van der Waals surface area contributed by atoms with Crippen molar-refractivity contribution in [2.24, 2.45) is 0 Å². The van der Waals surface area contributed by atoms with Crippen LogP contribution in [0.25, 0.3) is 0 Å². The average molecular weight is 243 g/mol. The van der Waals surface area contributed by atoms with Crippen LogP contribution in [0, 0.1) is 0 Å². The van der Waals surface area contributed by atoms with Gasteiger partial charge in [-0.25, -0.2) is 0 Å². The predicted octanol–water partition coefficient (Wildman–Crippen LogP) is 2.75. The van der Waals surface area contributed by atoms with E-state index in [-0.39, 0.29) is 12.2 Å². The van der Waals surface area contributed by atoms with E-state index in [2.05, 4.69) is 4.98 Å². The topological polar surface area (TPSA) is 48.4 Å². The van der Waals surface area contributed by atoms with Crippen LogP contribution in [0.15, 0.2) is 24.5 Å². The normalized spacial score (nSPS) is 12.4. The lowest BCUT2D eigenvalue weighted by atomic mass is 10.5. The average Bonchev–Trinajstić information content (AvgIpc) is 2.16. The monoisotopic (exact) mass is 243 g/mol. The molecule has 1 heterocycles. The number of aromatic nitrogens is 1. The molecule has 0 atom stereocenters. The number of hydrogen-bond acceptors (Lipinski definition) is 4. The first-order chi connectivity index (χ1) is 7.44. The van der Waals surface area contributed by atoms with Crippen molar-refractivity contribution in [1.82, 2.24) is 4.98 Å². The summed E-state index contributed by atoms with van der Waals surface area (Å²) in [6, 6.07) is 3.42. The van der Waals surface area contributed by atoms with Crippen LogP contribution in [-0.2, 0) is 13.6 Å². The second kappa shape index (κ2) is 5.58. The Morgan fingerprint density at radius 1 is 1.19 bits per heavy atom. The smallest absolute Gasteiger partial charge is 0.302 e.